The first kappa shape index (κ1) is 18.0. The number of para-hydroxylation sites is 1. The van der Waals surface area contributed by atoms with Crippen molar-refractivity contribution in [2.24, 2.45) is 0 Å². The minimum absolute atomic E-state index is 0.00698. The second kappa shape index (κ2) is 8.43. The number of likely N-dealkylation sites (N-methyl/N-ethyl adjacent to an activating group) is 1. The molecule has 0 radical (unpaired) electrons. The molecule has 0 atom stereocenters. The highest BCUT2D eigenvalue weighted by Gasteiger charge is 2.16. The minimum Gasteiger partial charge on any atom is -0.353 e. The van der Waals surface area contributed by atoms with Gasteiger partial charge in [0.1, 0.15) is 17.3 Å². The zero-order chi connectivity index (χ0) is 16.7. The molecule has 5 nitrogen and oxygen atoms in total. The van der Waals surface area contributed by atoms with Crippen molar-refractivity contribution >= 4 is 17.5 Å². The van der Waals surface area contributed by atoms with Crippen molar-refractivity contribution in [3.8, 4) is 0 Å². The second-order valence-electron chi connectivity index (χ2n) is 5.17. The van der Waals surface area contributed by atoms with E-state index >= 15 is 0 Å². The van der Waals surface area contributed by atoms with Crippen LogP contribution in [-0.4, -0.2) is 42.4 Å². The molecule has 2 N–H and O–H groups in total. The van der Waals surface area contributed by atoms with Crippen molar-refractivity contribution in [1.29, 1.82) is 0 Å². The van der Waals surface area contributed by atoms with Crippen LogP contribution in [0.2, 0.25) is 0 Å². The Morgan fingerprint density at radius 1 is 1.14 bits per heavy atom. The molecule has 7 heteroatoms. The van der Waals surface area contributed by atoms with Crippen molar-refractivity contribution in [3.63, 3.8) is 0 Å². The molecule has 122 valence electrons. The first-order chi connectivity index (χ1) is 10.3. The number of amides is 2. The lowest BCUT2D eigenvalue weighted by atomic mass is 10.3. The van der Waals surface area contributed by atoms with Gasteiger partial charge in [-0.3, -0.25) is 14.5 Å². The number of nitrogens with one attached hydrogen (secondary N) is 2. The fourth-order valence-corrected chi connectivity index (χ4v) is 1.85. The smallest absolute Gasteiger partial charge is 0.238 e. The standard InChI is InChI=1S/C15H21F2N3O2/c1-4-20(8-13(21)18-10(2)3)9-14(22)19-15-11(16)6-5-7-12(15)17/h5-7,10H,4,8-9H2,1-3H3,(H,18,21)(H,19,22). The maximum absolute atomic E-state index is 13.5. The molecule has 0 aliphatic carbocycles. The van der Waals surface area contributed by atoms with Crippen molar-refractivity contribution in [1.82, 2.24) is 10.2 Å². The normalized spacial score (nSPS) is 10.9. The van der Waals surface area contributed by atoms with E-state index in [1.807, 2.05) is 13.8 Å². The quantitative estimate of drug-likeness (QED) is 0.806. The molecule has 0 saturated carbocycles. The predicted molar refractivity (Wildman–Crippen MR) is 80.4 cm³/mol. The van der Waals surface area contributed by atoms with Gasteiger partial charge in [-0.05, 0) is 32.5 Å². The Kier molecular flexibility index (Phi) is 6.91. The van der Waals surface area contributed by atoms with Crippen LogP contribution in [0.25, 0.3) is 0 Å². The molecule has 1 aromatic carbocycles. The highest BCUT2D eigenvalue weighted by Crippen LogP contribution is 2.17. The molecule has 0 aliphatic heterocycles. The van der Waals surface area contributed by atoms with E-state index in [2.05, 4.69) is 10.6 Å². The van der Waals surface area contributed by atoms with Gasteiger partial charge in [0.25, 0.3) is 0 Å². The summed E-state index contributed by atoms with van der Waals surface area (Å²) in [5, 5.41) is 4.91. The molecular weight excluding hydrogens is 292 g/mol. The summed E-state index contributed by atoms with van der Waals surface area (Å²) in [6, 6.07) is 3.35. The van der Waals surface area contributed by atoms with E-state index in [4.69, 9.17) is 0 Å². The van der Waals surface area contributed by atoms with E-state index in [0.717, 1.165) is 12.1 Å². The Bertz CT molecular complexity index is 515. The molecule has 0 aliphatic rings. The fourth-order valence-electron chi connectivity index (χ4n) is 1.85. The summed E-state index contributed by atoms with van der Waals surface area (Å²) in [4.78, 5) is 25.1. The summed E-state index contributed by atoms with van der Waals surface area (Å²) in [7, 11) is 0. The molecule has 0 unspecified atom stereocenters. The van der Waals surface area contributed by atoms with Crippen molar-refractivity contribution in [2.45, 2.75) is 26.8 Å². The van der Waals surface area contributed by atoms with Gasteiger partial charge in [-0.25, -0.2) is 8.78 Å². The number of nitrogens with zero attached hydrogens (tertiary/aromatic N) is 1. The Labute approximate surface area is 128 Å². The van der Waals surface area contributed by atoms with Crippen LogP contribution in [0.1, 0.15) is 20.8 Å². The molecular formula is C15H21F2N3O2. The number of hydrogen-bond acceptors (Lipinski definition) is 3. The number of anilines is 1. The van der Waals surface area contributed by atoms with Gasteiger partial charge in [0.2, 0.25) is 11.8 Å². The molecule has 0 saturated heterocycles. The van der Waals surface area contributed by atoms with Gasteiger partial charge >= 0.3 is 0 Å². The topological polar surface area (TPSA) is 61.4 Å². The largest absolute Gasteiger partial charge is 0.353 e. The highest BCUT2D eigenvalue weighted by atomic mass is 19.1. The Balaban J connectivity index is 2.60. The minimum atomic E-state index is -0.839. The van der Waals surface area contributed by atoms with Gasteiger partial charge in [-0.15, -0.1) is 0 Å². The first-order valence-corrected chi connectivity index (χ1v) is 7.09. The number of carbonyl (C=O) groups excluding carboxylic acids is 2. The van der Waals surface area contributed by atoms with Crippen molar-refractivity contribution in [3.05, 3.63) is 29.8 Å². The molecule has 0 aromatic heterocycles. The third-order valence-electron chi connectivity index (χ3n) is 2.86. The van der Waals surface area contributed by atoms with E-state index in [0.29, 0.717) is 6.54 Å². The van der Waals surface area contributed by atoms with E-state index in [9.17, 15) is 18.4 Å². The average molecular weight is 313 g/mol. The number of halogens is 2. The van der Waals surface area contributed by atoms with Gasteiger partial charge in [0, 0.05) is 6.04 Å². The monoisotopic (exact) mass is 313 g/mol. The number of hydrogen-bond donors (Lipinski definition) is 2. The van der Waals surface area contributed by atoms with E-state index in [1.165, 1.54) is 6.07 Å². The Hall–Kier alpha value is -2.02. The van der Waals surface area contributed by atoms with Gasteiger partial charge in [-0.1, -0.05) is 13.0 Å². The first-order valence-electron chi connectivity index (χ1n) is 7.09. The molecule has 1 aromatic rings. The van der Waals surface area contributed by atoms with Gasteiger partial charge in [0.05, 0.1) is 13.1 Å². The van der Waals surface area contributed by atoms with E-state index in [1.54, 1.807) is 11.8 Å². The van der Waals surface area contributed by atoms with Crippen LogP contribution in [0.4, 0.5) is 14.5 Å². The van der Waals surface area contributed by atoms with Gasteiger partial charge < -0.3 is 10.6 Å². The molecule has 22 heavy (non-hydrogen) atoms. The molecule has 2 amide bonds. The fraction of sp³-hybridized carbons (Fsp3) is 0.467. The van der Waals surface area contributed by atoms with Crippen LogP contribution in [-0.2, 0) is 9.59 Å². The summed E-state index contributed by atoms with van der Waals surface area (Å²) in [6.45, 7) is 5.83. The lowest BCUT2D eigenvalue weighted by molar-refractivity contribution is -0.123. The third-order valence-corrected chi connectivity index (χ3v) is 2.86. The second-order valence-corrected chi connectivity index (χ2v) is 5.17. The summed E-state index contributed by atoms with van der Waals surface area (Å²) >= 11 is 0. The SMILES string of the molecule is CCN(CC(=O)Nc1c(F)cccc1F)CC(=O)NC(C)C. The van der Waals surface area contributed by atoms with Crippen LogP contribution in [0, 0.1) is 11.6 Å². The molecule has 1 rings (SSSR count). The van der Waals surface area contributed by atoms with Crippen LogP contribution in [0.15, 0.2) is 18.2 Å². The van der Waals surface area contributed by atoms with Crippen LogP contribution < -0.4 is 10.6 Å². The predicted octanol–water partition coefficient (Wildman–Crippen LogP) is 1.75. The maximum Gasteiger partial charge on any atom is 0.238 e. The molecule has 0 bridgehead atoms. The highest BCUT2D eigenvalue weighted by molar-refractivity contribution is 5.92. The van der Waals surface area contributed by atoms with E-state index in [-0.39, 0.29) is 25.0 Å². The lowest BCUT2D eigenvalue weighted by Gasteiger charge is -2.20. The van der Waals surface area contributed by atoms with Crippen molar-refractivity contribution < 1.29 is 18.4 Å². The number of rotatable bonds is 7. The average Bonchev–Trinajstić information content (AvgIpc) is 2.41. The van der Waals surface area contributed by atoms with E-state index < -0.39 is 23.2 Å². The molecule has 0 heterocycles. The number of carbonyl (C=O) groups is 2. The maximum atomic E-state index is 13.5. The zero-order valence-electron chi connectivity index (χ0n) is 13.0. The van der Waals surface area contributed by atoms with Crippen LogP contribution >= 0.6 is 0 Å². The summed E-state index contributed by atoms with van der Waals surface area (Å²) in [5.41, 5.74) is -0.477. The summed E-state index contributed by atoms with van der Waals surface area (Å²) < 4.78 is 26.9. The molecule has 0 fully saturated rings. The van der Waals surface area contributed by atoms with Gasteiger partial charge in [0.15, 0.2) is 0 Å². The third kappa shape index (κ3) is 5.77. The van der Waals surface area contributed by atoms with Crippen LogP contribution in [0.3, 0.4) is 0 Å². The van der Waals surface area contributed by atoms with Crippen LogP contribution in [0.5, 0.6) is 0 Å². The lowest BCUT2D eigenvalue weighted by Crippen LogP contribution is -2.42. The zero-order valence-corrected chi connectivity index (χ0v) is 13.0. The van der Waals surface area contributed by atoms with Gasteiger partial charge in [-0.2, -0.15) is 0 Å². The Morgan fingerprint density at radius 2 is 1.68 bits per heavy atom. The number of benzene rings is 1. The van der Waals surface area contributed by atoms with Crippen molar-refractivity contribution in [2.75, 3.05) is 25.0 Å². The molecule has 0 spiro atoms. The summed E-state index contributed by atoms with van der Waals surface area (Å²) in [5.74, 6) is -2.46. The summed E-state index contributed by atoms with van der Waals surface area (Å²) in [6.07, 6.45) is 0. The Morgan fingerprint density at radius 3 is 2.18 bits per heavy atom.